The van der Waals surface area contributed by atoms with E-state index in [1.54, 1.807) is 19.2 Å². The summed E-state index contributed by atoms with van der Waals surface area (Å²) in [6, 6.07) is 7.37. The Balaban J connectivity index is 2.12. The molecule has 94 valence electrons. The molecule has 3 rings (SSSR count). The molecule has 5 heteroatoms. The minimum Gasteiger partial charge on any atom is -0.451 e. The van der Waals surface area contributed by atoms with E-state index in [0.717, 1.165) is 9.86 Å². The van der Waals surface area contributed by atoms with Crippen LogP contribution in [0.1, 0.15) is 21.9 Å². The number of carbonyl (C=O) groups is 1. The Bertz CT molecular complexity index is 780. The molecule has 0 saturated carbocycles. The van der Waals surface area contributed by atoms with E-state index in [9.17, 15) is 4.79 Å². The smallest absolute Gasteiger partial charge is 0.248 e. The Morgan fingerprint density at radius 1 is 1.26 bits per heavy atom. The molecule has 0 aliphatic heterocycles. The number of ketones is 1. The molecule has 0 spiro atoms. The van der Waals surface area contributed by atoms with Crippen molar-refractivity contribution in [2.75, 3.05) is 0 Å². The molecular weight excluding hydrogens is 308 g/mol. The van der Waals surface area contributed by atoms with Crippen molar-refractivity contribution in [2.24, 2.45) is 0 Å². The third-order valence-corrected chi connectivity index (χ3v) is 3.44. The lowest BCUT2D eigenvalue weighted by Crippen LogP contribution is -2.06. The molecular formula is C14H9BrN2O2. The van der Waals surface area contributed by atoms with Crippen LogP contribution in [-0.4, -0.2) is 15.8 Å². The molecule has 0 bridgehead atoms. The van der Waals surface area contributed by atoms with Gasteiger partial charge in [-0.25, -0.2) is 4.98 Å². The van der Waals surface area contributed by atoms with Crippen molar-refractivity contribution in [2.45, 2.75) is 6.92 Å². The van der Waals surface area contributed by atoms with Gasteiger partial charge in [0.2, 0.25) is 5.78 Å². The van der Waals surface area contributed by atoms with Gasteiger partial charge in [-0.05, 0) is 35.0 Å². The molecule has 2 heterocycles. The van der Waals surface area contributed by atoms with E-state index in [2.05, 4.69) is 25.9 Å². The fourth-order valence-electron chi connectivity index (χ4n) is 1.89. The summed E-state index contributed by atoms with van der Waals surface area (Å²) in [5.74, 6) is 0.0131. The second kappa shape index (κ2) is 4.59. The summed E-state index contributed by atoms with van der Waals surface area (Å²) < 4.78 is 6.43. The lowest BCUT2D eigenvalue weighted by atomic mass is 10.1. The van der Waals surface area contributed by atoms with Gasteiger partial charge in [0.15, 0.2) is 5.76 Å². The van der Waals surface area contributed by atoms with Crippen molar-refractivity contribution in [3.05, 3.63) is 58.3 Å². The fourth-order valence-corrected chi connectivity index (χ4v) is 2.35. The van der Waals surface area contributed by atoms with Crippen LogP contribution in [0.15, 0.2) is 45.5 Å². The first-order chi connectivity index (χ1) is 9.16. The molecule has 0 amide bonds. The van der Waals surface area contributed by atoms with Crippen molar-refractivity contribution in [3.8, 4) is 0 Å². The van der Waals surface area contributed by atoms with Crippen molar-refractivity contribution in [1.82, 2.24) is 9.97 Å². The zero-order valence-electron chi connectivity index (χ0n) is 10.1. The highest BCUT2D eigenvalue weighted by molar-refractivity contribution is 9.10. The topological polar surface area (TPSA) is 56.0 Å². The number of furan rings is 1. The molecule has 19 heavy (non-hydrogen) atoms. The molecule has 3 aromatic rings. The number of rotatable bonds is 2. The monoisotopic (exact) mass is 316 g/mol. The number of hydrogen-bond acceptors (Lipinski definition) is 4. The number of nitrogens with zero attached hydrogens (tertiary/aromatic N) is 2. The summed E-state index contributed by atoms with van der Waals surface area (Å²) in [4.78, 5) is 20.5. The van der Waals surface area contributed by atoms with Crippen LogP contribution in [0.2, 0.25) is 0 Å². The minimum atomic E-state index is -0.256. The largest absolute Gasteiger partial charge is 0.451 e. The predicted octanol–water partition coefficient (Wildman–Crippen LogP) is 3.52. The summed E-state index contributed by atoms with van der Waals surface area (Å²) in [7, 11) is 0. The van der Waals surface area contributed by atoms with Crippen LogP contribution < -0.4 is 0 Å². The number of hydrogen-bond donors (Lipinski definition) is 0. The molecule has 2 aromatic heterocycles. The maximum absolute atomic E-state index is 12.3. The Kier molecular flexibility index (Phi) is 2.91. The maximum Gasteiger partial charge on any atom is 0.248 e. The van der Waals surface area contributed by atoms with Crippen molar-refractivity contribution in [1.29, 1.82) is 0 Å². The number of fused-ring (bicyclic) bond motifs is 1. The number of benzene rings is 1. The first-order valence-corrected chi connectivity index (χ1v) is 6.46. The lowest BCUT2D eigenvalue weighted by molar-refractivity contribution is 0.101. The molecule has 0 aliphatic rings. The van der Waals surface area contributed by atoms with E-state index in [1.807, 2.05) is 18.2 Å². The number of aryl methyl sites for hydroxylation is 1. The van der Waals surface area contributed by atoms with E-state index < -0.39 is 0 Å². The third kappa shape index (κ3) is 2.06. The minimum absolute atomic E-state index is 0.256. The van der Waals surface area contributed by atoms with Crippen molar-refractivity contribution < 1.29 is 9.21 Å². The number of carbonyl (C=O) groups excluding carboxylic acids is 1. The first-order valence-electron chi connectivity index (χ1n) is 5.67. The Morgan fingerprint density at radius 2 is 2.05 bits per heavy atom. The van der Waals surface area contributed by atoms with Gasteiger partial charge in [-0.1, -0.05) is 12.1 Å². The molecule has 0 saturated heterocycles. The van der Waals surface area contributed by atoms with E-state index in [-0.39, 0.29) is 11.5 Å². The average molecular weight is 317 g/mol. The van der Waals surface area contributed by atoms with Gasteiger partial charge >= 0.3 is 0 Å². The van der Waals surface area contributed by atoms with Gasteiger partial charge in [0, 0.05) is 17.8 Å². The van der Waals surface area contributed by atoms with Crippen LogP contribution >= 0.6 is 15.9 Å². The second-order valence-electron chi connectivity index (χ2n) is 4.09. The summed E-state index contributed by atoms with van der Waals surface area (Å²) >= 11 is 3.40. The molecule has 0 aliphatic carbocycles. The summed E-state index contributed by atoms with van der Waals surface area (Å²) in [6.45, 7) is 1.75. The van der Waals surface area contributed by atoms with Gasteiger partial charge in [-0.2, -0.15) is 0 Å². The van der Waals surface area contributed by atoms with Gasteiger partial charge in [0.05, 0.1) is 10.2 Å². The summed E-state index contributed by atoms with van der Waals surface area (Å²) in [5, 5.41) is 0.874. The molecule has 0 radical (unpaired) electrons. The second-order valence-corrected chi connectivity index (χ2v) is 4.94. The quantitative estimate of drug-likeness (QED) is 0.679. The standard InChI is InChI=1S/C14H9BrN2O2/c1-8-12(17-6-5-16-8)13(18)11-7-9-3-2-4-10(15)14(9)19-11/h2-7H,1H3. The first kappa shape index (κ1) is 12.0. The van der Waals surface area contributed by atoms with Gasteiger partial charge in [0.25, 0.3) is 0 Å². The van der Waals surface area contributed by atoms with E-state index in [1.165, 1.54) is 6.20 Å². The van der Waals surface area contributed by atoms with Crippen molar-refractivity contribution in [3.63, 3.8) is 0 Å². The highest BCUT2D eigenvalue weighted by atomic mass is 79.9. The van der Waals surface area contributed by atoms with Crippen LogP contribution in [0.25, 0.3) is 11.0 Å². The summed E-state index contributed by atoms with van der Waals surface area (Å²) in [5.41, 5.74) is 1.57. The average Bonchev–Trinajstić information content (AvgIpc) is 2.84. The molecule has 0 atom stereocenters. The molecule has 0 unspecified atom stereocenters. The van der Waals surface area contributed by atoms with Gasteiger partial charge in [-0.3, -0.25) is 9.78 Å². The van der Waals surface area contributed by atoms with E-state index in [4.69, 9.17) is 4.42 Å². The van der Waals surface area contributed by atoms with Gasteiger partial charge in [0.1, 0.15) is 11.3 Å². The zero-order valence-corrected chi connectivity index (χ0v) is 11.6. The summed E-state index contributed by atoms with van der Waals surface area (Å²) in [6.07, 6.45) is 3.06. The van der Waals surface area contributed by atoms with Crippen LogP contribution in [0.5, 0.6) is 0 Å². The third-order valence-electron chi connectivity index (χ3n) is 2.82. The molecule has 1 aromatic carbocycles. The highest BCUT2D eigenvalue weighted by Crippen LogP contribution is 2.28. The van der Waals surface area contributed by atoms with Crippen LogP contribution in [-0.2, 0) is 0 Å². The molecule has 0 fully saturated rings. The SMILES string of the molecule is Cc1nccnc1C(=O)c1cc2cccc(Br)c2o1. The van der Waals surface area contributed by atoms with Crippen LogP contribution in [0.4, 0.5) is 0 Å². The van der Waals surface area contributed by atoms with Crippen molar-refractivity contribution >= 4 is 32.7 Å². The number of halogens is 1. The Labute approximate surface area is 117 Å². The van der Waals surface area contributed by atoms with E-state index >= 15 is 0 Å². The molecule has 4 nitrogen and oxygen atoms in total. The zero-order chi connectivity index (χ0) is 13.4. The maximum atomic E-state index is 12.3. The lowest BCUT2D eigenvalue weighted by Gasteiger charge is -1.99. The van der Waals surface area contributed by atoms with Gasteiger partial charge < -0.3 is 4.42 Å². The number of para-hydroxylation sites is 1. The van der Waals surface area contributed by atoms with Gasteiger partial charge in [-0.15, -0.1) is 0 Å². The highest BCUT2D eigenvalue weighted by Gasteiger charge is 2.19. The Morgan fingerprint density at radius 3 is 2.79 bits per heavy atom. The molecule has 0 N–H and O–H groups in total. The van der Waals surface area contributed by atoms with E-state index in [0.29, 0.717) is 17.0 Å². The normalized spacial score (nSPS) is 10.8. The van der Waals surface area contributed by atoms with Crippen LogP contribution in [0.3, 0.4) is 0 Å². The van der Waals surface area contributed by atoms with Crippen LogP contribution in [0, 0.1) is 6.92 Å². The Hall–Kier alpha value is -2.01. The predicted molar refractivity (Wildman–Crippen MR) is 74.1 cm³/mol. The fraction of sp³-hybridized carbons (Fsp3) is 0.0714. The number of aromatic nitrogens is 2.